The molecule has 4 heterocycles. The highest BCUT2D eigenvalue weighted by Gasteiger charge is 2.30. The van der Waals surface area contributed by atoms with Crippen molar-refractivity contribution in [3.05, 3.63) is 46.4 Å². The summed E-state index contributed by atoms with van der Waals surface area (Å²) in [6, 6.07) is 6.12. The Balaban J connectivity index is 1.30. The summed E-state index contributed by atoms with van der Waals surface area (Å²) >= 11 is 1.59. The summed E-state index contributed by atoms with van der Waals surface area (Å²) < 4.78 is 7.82. The highest BCUT2D eigenvalue weighted by molar-refractivity contribution is 7.13. The Bertz CT molecular complexity index is 953. The molecule has 2 aliphatic rings. The van der Waals surface area contributed by atoms with Crippen LogP contribution in [0.5, 0.6) is 0 Å². The SMILES string of the molecule is Cc1oc(-c2cccs2)nc1CC(=O)N1CCn2nc(C3CC3)cc2C1. The fourth-order valence-electron chi connectivity index (χ4n) is 3.43. The number of nitrogens with zero attached hydrogens (tertiary/aromatic N) is 4. The van der Waals surface area contributed by atoms with E-state index in [2.05, 4.69) is 20.8 Å². The van der Waals surface area contributed by atoms with Gasteiger partial charge < -0.3 is 9.32 Å². The van der Waals surface area contributed by atoms with Crippen LogP contribution in [0.2, 0.25) is 0 Å². The third-order valence-electron chi connectivity index (χ3n) is 5.11. The van der Waals surface area contributed by atoms with Crippen LogP contribution in [0.3, 0.4) is 0 Å². The molecule has 0 N–H and O–H groups in total. The summed E-state index contributed by atoms with van der Waals surface area (Å²) in [4.78, 5) is 20.2. The van der Waals surface area contributed by atoms with Gasteiger partial charge in [0, 0.05) is 12.5 Å². The van der Waals surface area contributed by atoms with Gasteiger partial charge in [0.05, 0.1) is 41.5 Å². The summed E-state index contributed by atoms with van der Waals surface area (Å²) in [5.74, 6) is 2.07. The molecule has 1 aliphatic heterocycles. The van der Waals surface area contributed by atoms with Crippen molar-refractivity contribution in [3.63, 3.8) is 0 Å². The van der Waals surface area contributed by atoms with E-state index in [0.717, 1.165) is 28.6 Å². The number of hydrogen-bond acceptors (Lipinski definition) is 5. The number of aryl methyl sites for hydroxylation is 1. The largest absolute Gasteiger partial charge is 0.440 e. The molecule has 0 radical (unpaired) electrons. The van der Waals surface area contributed by atoms with Crippen LogP contribution >= 0.6 is 11.3 Å². The van der Waals surface area contributed by atoms with Gasteiger partial charge in [-0.05, 0) is 37.3 Å². The lowest BCUT2D eigenvalue weighted by Crippen LogP contribution is -2.39. The predicted molar refractivity (Wildman–Crippen MR) is 97.9 cm³/mol. The number of thiophene rings is 1. The first-order chi connectivity index (χ1) is 12.7. The van der Waals surface area contributed by atoms with Gasteiger partial charge in [-0.1, -0.05) is 6.07 Å². The number of oxazole rings is 1. The van der Waals surface area contributed by atoms with Crippen molar-refractivity contribution in [2.24, 2.45) is 0 Å². The molecule has 5 rings (SSSR count). The van der Waals surface area contributed by atoms with Gasteiger partial charge in [0.1, 0.15) is 5.76 Å². The second-order valence-corrected chi connectivity index (χ2v) is 8.00. The standard InChI is InChI=1S/C19H20N4O2S/c1-12-15(20-19(25-12)17-3-2-8-26-17)10-18(24)22-6-7-23-14(11-22)9-16(21-23)13-4-5-13/h2-3,8-9,13H,4-7,10-11H2,1H3. The maximum atomic E-state index is 12.8. The van der Waals surface area contributed by atoms with Crippen molar-refractivity contribution in [3.8, 4) is 10.8 Å². The Morgan fingerprint density at radius 1 is 1.38 bits per heavy atom. The molecule has 1 fully saturated rings. The lowest BCUT2D eigenvalue weighted by Gasteiger charge is -2.27. The number of carbonyl (C=O) groups excluding carboxylic acids is 1. The van der Waals surface area contributed by atoms with Gasteiger partial charge in [0.15, 0.2) is 0 Å². The molecule has 0 atom stereocenters. The van der Waals surface area contributed by atoms with E-state index in [9.17, 15) is 4.79 Å². The normalized spacial score (nSPS) is 16.7. The van der Waals surface area contributed by atoms with Gasteiger partial charge in [-0.15, -0.1) is 11.3 Å². The first-order valence-corrected chi connectivity index (χ1v) is 9.90. The lowest BCUT2D eigenvalue weighted by atomic mass is 10.2. The average Bonchev–Trinajstić information content (AvgIpc) is 3.05. The molecule has 6 nitrogen and oxygen atoms in total. The zero-order chi connectivity index (χ0) is 17.7. The van der Waals surface area contributed by atoms with Crippen LogP contribution in [0.25, 0.3) is 10.8 Å². The Labute approximate surface area is 155 Å². The molecule has 0 saturated heterocycles. The minimum atomic E-state index is 0.0968. The van der Waals surface area contributed by atoms with E-state index in [4.69, 9.17) is 4.42 Å². The molecular formula is C19H20N4O2S. The smallest absolute Gasteiger partial charge is 0.236 e. The van der Waals surface area contributed by atoms with Crippen LogP contribution in [-0.4, -0.2) is 32.1 Å². The molecule has 0 bridgehead atoms. The van der Waals surface area contributed by atoms with E-state index >= 15 is 0 Å². The molecule has 3 aromatic heterocycles. The van der Waals surface area contributed by atoms with Gasteiger partial charge >= 0.3 is 0 Å². The van der Waals surface area contributed by atoms with E-state index in [-0.39, 0.29) is 12.3 Å². The number of amides is 1. The number of hydrogen-bond donors (Lipinski definition) is 0. The van der Waals surface area contributed by atoms with E-state index in [1.807, 2.05) is 29.3 Å². The Hall–Kier alpha value is -2.41. The highest BCUT2D eigenvalue weighted by Crippen LogP contribution is 2.39. The zero-order valence-corrected chi connectivity index (χ0v) is 15.5. The molecule has 7 heteroatoms. The van der Waals surface area contributed by atoms with E-state index in [0.29, 0.717) is 24.9 Å². The van der Waals surface area contributed by atoms with Crippen LogP contribution in [-0.2, 0) is 24.3 Å². The molecule has 0 aromatic carbocycles. The molecule has 3 aromatic rings. The van der Waals surface area contributed by atoms with Gasteiger partial charge in [-0.2, -0.15) is 5.10 Å². The van der Waals surface area contributed by atoms with Crippen LogP contribution in [0.1, 0.15) is 41.6 Å². The van der Waals surface area contributed by atoms with Crippen LogP contribution in [0.15, 0.2) is 28.0 Å². The minimum Gasteiger partial charge on any atom is -0.440 e. The molecule has 134 valence electrons. The van der Waals surface area contributed by atoms with E-state index < -0.39 is 0 Å². The van der Waals surface area contributed by atoms with Crippen LogP contribution in [0.4, 0.5) is 0 Å². The molecule has 0 spiro atoms. The summed E-state index contributed by atoms with van der Waals surface area (Å²) in [5, 5.41) is 6.68. The second kappa shape index (κ2) is 6.09. The topological polar surface area (TPSA) is 64.2 Å². The minimum absolute atomic E-state index is 0.0968. The molecular weight excluding hydrogens is 348 g/mol. The van der Waals surface area contributed by atoms with Crippen molar-refractivity contribution >= 4 is 17.2 Å². The van der Waals surface area contributed by atoms with Crippen molar-refractivity contribution in [2.75, 3.05) is 6.54 Å². The average molecular weight is 368 g/mol. The second-order valence-electron chi connectivity index (χ2n) is 7.05. The molecule has 1 saturated carbocycles. The molecule has 1 aliphatic carbocycles. The third-order valence-corrected chi connectivity index (χ3v) is 5.97. The number of carbonyl (C=O) groups is 1. The van der Waals surface area contributed by atoms with Crippen molar-refractivity contribution in [1.29, 1.82) is 0 Å². The van der Waals surface area contributed by atoms with Gasteiger partial charge in [-0.3, -0.25) is 9.48 Å². The van der Waals surface area contributed by atoms with Gasteiger partial charge in [0.25, 0.3) is 0 Å². The number of fused-ring (bicyclic) bond motifs is 1. The van der Waals surface area contributed by atoms with E-state index in [1.165, 1.54) is 18.5 Å². The fraction of sp³-hybridized carbons (Fsp3) is 0.421. The molecule has 1 amide bonds. The number of aromatic nitrogens is 3. The fourth-order valence-corrected chi connectivity index (χ4v) is 4.08. The zero-order valence-electron chi connectivity index (χ0n) is 14.6. The summed E-state index contributed by atoms with van der Waals surface area (Å²) in [6.45, 7) is 3.98. The number of rotatable bonds is 4. The van der Waals surface area contributed by atoms with Crippen molar-refractivity contribution in [1.82, 2.24) is 19.7 Å². The summed E-state index contributed by atoms with van der Waals surface area (Å²) in [6.07, 6.45) is 2.78. The highest BCUT2D eigenvalue weighted by atomic mass is 32.1. The van der Waals surface area contributed by atoms with Crippen molar-refractivity contribution < 1.29 is 9.21 Å². The Kier molecular flexibility index (Phi) is 3.70. The molecule has 0 unspecified atom stereocenters. The van der Waals surface area contributed by atoms with Crippen LogP contribution < -0.4 is 0 Å². The van der Waals surface area contributed by atoms with Crippen molar-refractivity contribution in [2.45, 2.75) is 45.2 Å². The predicted octanol–water partition coefficient (Wildman–Crippen LogP) is 3.37. The molecule has 26 heavy (non-hydrogen) atoms. The van der Waals surface area contributed by atoms with Gasteiger partial charge in [0.2, 0.25) is 11.8 Å². The lowest BCUT2D eigenvalue weighted by molar-refractivity contribution is -0.132. The van der Waals surface area contributed by atoms with E-state index in [1.54, 1.807) is 11.3 Å². The van der Waals surface area contributed by atoms with Crippen LogP contribution in [0, 0.1) is 6.92 Å². The Morgan fingerprint density at radius 2 is 2.27 bits per heavy atom. The quantitative estimate of drug-likeness (QED) is 0.708. The van der Waals surface area contributed by atoms with Gasteiger partial charge in [-0.25, -0.2) is 4.98 Å². The monoisotopic (exact) mass is 368 g/mol. The maximum Gasteiger partial charge on any atom is 0.236 e. The first-order valence-electron chi connectivity index (χ1n) is 9.02. The Morgan fingerprint density at radius 3 is 3.04 bits per heavy atom. The third kappa shape index (κ3) is 2.86. The summed E-state index contributed by atoms with van der Waals surface area (Å²) in [7, 11) is 0. The first kappa shape index (κ1) is 15.8. The summed E-state index contributed by atoms with van der Waals surface area (Å²) in [5.41, 5.74) is 3.07. The maximum absolute atomic E-state index is 12.8.